The van der Waals surface area contributed by atoms with E-state index in [1.165, 1.54) is 0 Å². The molecule has 2 aromatic rings. The smallest absolute Gasteiger partial charge is 0.338 e. The number of nitrogens with zero attached hydrogens (tertiary/aromatic N) is 1. The van der Waals surface area contributed by atoms with E-state index in [9.17, 15) is 9.59 Å². The van der Waals surface area contributed by atoms with Crippen molar-refractivity contribution in [2.24, 2.45) is 0 Å². The zero-order valence-electron chi connectivity index (χ0n) is 12.8. The van der Waals surface area contributed by atoms with E-state index in [2.05, 4.69) is 0 Å². The van der Waals surface area contributed by atoms with E-state index in [4.69, 9.17) is 4.74 Å². The number of esters is 1. The number of hydrogen-bond acceptors (Lipinski definition) is 3. The second-order valence-corrected chi connectivity index (χ2v) is 4.65. The van der Waals surface area contributed by atoms with E-state index in [-0.39, 0.29) is 12.5 Å². The van der Waals surface area contributed by atoms with Gasteiger partial charge in [0, 0.05) is 12.2 Å². The molecule has 0 bridgehead atoms. The van der Waals surface area contributed by atoms with Crippen LogP contribution in [0.25, 0.3) is 0 Å². The minimum atomic E-state index is -0.476. The van der Waals surface area contributed by atoms with Gasteiger partial charge in [-0.25, -0.2) is 4.79 Å². The molecule has 0 atom stereocenters. The Bertz CT molecular complexity index is 652. The molecule has 0 spiro atoms. The highest BCUT2D eigenvalue weighted by atomic mass is 16.5. The van der Waals surface area contributed by atoms with Crippen molar-refractivity contribution in [3.63, 3.8) is 0 Å². The molecular formula is C18H19NO3. The van der Waals surface area contributed by atoms with Crippen molar-refractivity contribution in [2.75, 3.05) is 18.1 Å². The molecule has 0 N–H and O–H groups in total. The van der Waals surface area contributed by atoms with E-state index >= 15 is 0 Å². The Morgan fingerprint density at radius 2 is 1.50 bits per heavy atom. The van der Waals surface area contributed by atoms with Gasteiger partial charge in [-0.15, -0.1) is 0 Å². The van der Waals surface area contributed by atoms with Gasteiger partial charge in [-0.2, -0.15) is 0 Å². The van der Waals surface area contributed by atoms with Gasteiger partial charge in [0.05, 0.1) is 17.7 Å². The van der Waals surface area contributed by atoms with Gasteiger partial charge < -0.3 is 9.64 Å². The van der Waals surface area contributed by atoms with Crippen LogP contribution in [-0.4, -0.2) is 25.0 Å². The Hall–Kier alpha value is -2.62. The third kappa shape index (κ3) is 3.34. The summed E-state index contributed by atoms with van der Waals surface area (Å²) in [4.78, 5) is 26.5. The molecular weight excluding hydrogens is 278 g/mol. The summed E-state index contributed by atoms with van der Waals surface area (Å²) < 4.78 is 5.03. The van der Waals surface area contributed by atoms with Crippen molar-refractivity contribution in [3.8, 4) is 0 Å². The van der Waals surface area contributed by atoms with E-state index in [0.29, 0.717) is 17.7 Å². The predicted octanol–water partition coefficient (Wildman–Crippen LogP) is 3.53. The minimum absolute atomic E-state index is 0.211. The normalized spacial score (nSPS) is 10.1. The average molecular weight is 297 g/mol. The molecule has 0 heterocycles. The van der Waals surface area contributed by atoms with E-state index in [1.807, 2.05) is 37.3 Å². The molecule has 0 radical (unpaired) electrons. The number of para-hydroxylation sites is 1. The molecule has 0 fully saturated rings. The zero-order chi connectivity index (χ0) is 15.9. The lowest BCUT2D eigenvalue weighted by Gasteiger charge is -2.22. The van der Waals surface area contributed by atoms with Gasteiger partial charge in [-0.3, -0.25) is 4.79 Å². The number of ether oxygens (including phenoxy) is 1. The molecule has 4 heteroatoms. The predicted molar refractivity (Wildman–Crippen MR) is 86.2 cm³/mol. The molecule has 1 amide bonds. The van der Waals surface area contributed by atoms with Crippen molar-refractivity contribution in [1.82, 2.24) is 0 Å². The van der Waals surface area contributed by atoms with Crippen LogP contribution in [0.1, 0.15) is 34.6 Å². The standard InChI is InChI=1S/C18H19NO3/c1-3-19(14-10-6-5-7-11-14)17(20)15-12-8-9-13-16(15)18(21)22-4-2/h5-13H,3-4H2,1-2H3. The first-order valence-corrected chi connectivity index (χ1v) is 7.32. The highest BCUT2D eigenvalue weighted by molar-refractivity contribution is 6.12. The van der Waals surface area contributed by atoms with Crippen molar-refractivity contribution in [1.29, 1.82) is 0 Å². The summed E-state index contributed by atoms with van der Waals surface area (Å²) >= 11 is 0. The van der Waals surface area contributed by atoms with Crippen molar-refractivity contribution in [3.05, 3.63) is 65.7 Å². The topological polar surface area (TPSA) is 46.6 Å². The van der Waals surface area contributed by atoms with Crippen LogP contribution in [-0.2, 0) is 4.74 Å². The van der Waals surface area contributed by atoms with Crippen molar-refractivity contribution >= 4 is 17.6 Å². The summed E-state index contributed by atoms with van der Waals surface area (Å²) in [6.45, 7) is 4.43. The molecule has 0 saturated heterocycles. The number of benzene rings is 2. The Morgan fingerprint density at radius 3 is 2.09 bits per heavy atom. The Balaban J connectivity index is 2.38. The molecule has 22 heavy (non-hydrogen) atoms. The second-order valence-electron chi connectivity index (χ2n) is 4.65. The summed E-state index contributed by atoms with van der Waals surface area (Å²) in [6.07, 6.45) is 0. The zero-order valence-corrected chi connectivity index (χ0v) is 12.8. The highest BCUT2D eigenvalue weighted by Gasteiger charge is 2.22. The average Bonchev–Trinajstić information content (AvgIpc) is 2.56. The Kier molecular flexibility index (Phi) is 5.31. The first-order valence-electron chi connectivity index (χ1n) is 7.32. The molecule has 2 aromatic carbocycles. The maximum absolute atomic E-state index is 12.8. The fourth-order valence-electron chi connectivity index (χ4n) is 2.25. The van der Waals surface area contributed by atoms with Crippen LogP contribution in [0.15, 0.2) is 54.6 Å². The lowest BCUT2D eigenvalue weighted by atomic mass is 10.1. The van der Waals surface area contributed by atoms with E-state index in [0.717, 1.165) is 5.69 Å². The van der Waals surface area contributed by atoms with Crippen LogP contribution in [0.3, 0.4) is 0 Å². The third-order valence-electron chi connectivity index (χ3n) is 3.28. The van der Waals surface area contributed by atoms with Crippen LogP contribution < -0.4 is 4.90 Å². The SMILES string of the molecule is CCOC(=O)c1ccccc1C(=O)N(CC)c1ccccc1. The summed E-state index contributed by atoms with van der Waals surface area (Å²) in [6, 6.07) is 16.1. The van der Waals surface area contributed by atoms with Gasteiger partial charge in [0.2, 0.25) is 0 Å². The molecule has 0 aliphatic heterocycles. The van der Waals surface area contributed by atoms with Gasteiger partial charge in [-0.05, 0) is 38.1 Å². The Morgan fingerprint density at radius 1 is 0.909 bits per heavy atom. The molecule has 0 aliphatic rings. The number of amides is 1. The largest absolute Gasteiger partial charge is 0.462 e. The van der Waals surface area contributed by atoms with Crippen LogP contribution in [0, 0.1) is 0 Å². The molecule has 0 aliphatic carbocycles. The summed E-state index contributed by atoms with van der Waals surface area (Å²) in [7, 11) is 0. The number of carbonyl (C=O) groups is 2. The van der Waals surface area contributed by atoms with Gasteiger partial charge in [0.15, 0.2) is 0 Å². The van der Waals surface area contributed by atoms with Crippen LogP contribution in [0.2, 0.25) is 0 Å². The molecule has 4 nitrogen and oxygen atoms in total. The van der Waals surface area contributed by atoms with Gasteiger partial charge in [0.25, 0.3) is 5.91 Å². The second kappa shape index (κ2) is 7.41. The summed E-state index contributed by atoms with van der Waals surface area (Å²) in [5, 5.41) is 0. The minimum Gasteiger partial charge on any atom is -0.462 e. The van der Waals surface area contributed by atoms with Crippen LogP contribution in [0.5, 0.6) is 0 Å². The highest BCUT2D eigenvalue weighted by Crippen LogP contribution is 2.19. The number of anilines is 1. The van der Waals surface area contributed by atoms with E-state index in [1.54, 1.807) is 36.1 Å². The van der Waals surface area contributed by atoms with Crippen LogP contribution >= 0.6 is 0 Å². The quantitative estimate of drug-likeness (QED) is 0.793. The molecule has 0 saturated carbocycles. The molecule has 0 unspecified atom stereocenters. The maximum atomic E-state index is 12.8. The monoisotopic (exact) mass is 297 g/mol. The number of carbonyl (C=O) groups excluding carboxylic acids is 2. The third-order valence-corrected chi connectivity index (χ3v) is 3.28. The summed E-state index contributed by atoms with van der Waals surface area (Å²) in [5.41, 5.74) is 1.45. The fourth-order valence-corrected chi connectivity index (χ4v) is 2.25. The molecule has 2 rings (SSSR count). The fraction of sp³-hybridized carbons (Fsp3) is 0.222. The van der Waals surface area contributed by atoms with Crippen molar-refractivity contribution < 1.29 is 14.3 Å². The lowest BCUT2D eigenvalue weighted by Crippen LogP contribution is -2.32. The maximum Gasteiger partial charge on any atom is 0.338 e. The van der Waals surface area contributed by atoms with Gasteiger partial charge >= 0.3 is 5.97 Å². The summed E-state index contributed by atoms with van der Waals surface area (Å²) in [5.74, 6) is -0.687. The molecule has 114 valence electrons. The Labute approximate surface area is 130 Å². The molecule has 0 aromatic heterocycles. The number of rotatable bonds is 5. The van der Waals surface area contributed by atoms with Crippen LogP contribution in [0.4, 0.5) is 5.69 Å². The lowest BCUT2D eigenvalue weighted by molar-refractivity contribution is 0.0523. The van der Waals surface area contributed by atoms with Crippen molar-refractivity contribution in [2.45, 2.75) is 13.8 Å². The van der Waals surface area contributed by atoms with E-state index < -0.39 is 5.97 Å². The van der Waals surface area contributed by atoms with Gasteiger partial charge in [0.1, 0.15) is 0 Å². The number of hydrogen-bond donors (Lipinski definition) is 0. The first kappa shape index (κ1) is 15.8. The first-order chi connectivity index (χ1) is 10.7. The van der Waals surface area contributed by atoms with Gasteiger partial charge in [-0.1, -0.05) is 30.3 Å².